The van der Waals surface area contributed by atoms with Crippen molar-refractivity contribution in [2.24, 2.45) is 0 Å². The summed E-state index contributed by atoms with van der Waals surface area (Å²) in [6, 6.07) is 0. The van der Waals surface area contributed by atoms with Crippen molar-refractivity contribution in [2.75, 3.05) is 7.11 Å². The molecule has 20 heavy (non-hydrogen) atoms. The van der Waals surface area contributed by atoms with Gasteiger partial charge in [-0.15, -0.1) is 11.3 Å². The first-order valence-electron chi connectivity index (χ1n) is 7.27. The van der Waals surface area contributed by atoms with Crippen LogP contribution >= 0.6 is 11.3 Å². The van der Waals surface area contributed by atoms with E-state index in [0.29, 0.717) is 12.0 Å². The van der Waals surface area contributed by atoms with Crippen molar-refractivity contribution >= 4 is 17.6 Å². The number of aromatic nitrogens is 1. The summed E-state index contributed by atoms with van der Waals surface area (Å²) in [7, 11) is 1.00. The van der Waals surface area contributed by atoms with Crippen molar-refractivity contribution < 1.29 is 9.90 Å². The van der Waals surface area contributed by atoms with Gasteiger partial charge in [-0.05, 0) is 18.4 Å². The highest BCUT2D eigenvalue weighted by atomic mass is 32.1. The number of nitrogens with zero attached hydrogens (tertiary/aromatic N) is 1. The SMILES string of the molecule is C=C(C=O)Cc1nc(CCCCCCCC)cs1.CO. The van der Waals surface area contributed by atoms with E-state index in [4.69, 9.17) is 5.11 Å². The highest BCUT2D eigenvalue weighted by molar-refractivity contribution is 7.09. The Morgan fingerprint density at radius 3 is 2.60 bits per heavy atom. The molecule has 1 N–H and O–H groups in total. The van der Waals surface area contributed by atoms with E-state index in [1.165, 1.54) is 44.2 Å². The van der Waals surface area contributed by atoms with Crippen molar-refractivity contribution in [2.45, 2.75) is 58.3 Å². The topological polar surface area (TPSA) is 50.2 Å². The molecule has 0 atom stereocenters. The number of hydrogen-bond donors (Lipinski definition) is 1. The van der Waals surface area contributed by atoms with Crippen LogP contribution in [0.1, 0.15) is 56.2 Å². The lowest BCUT2D eigenvalue weighted by atomic mass is 10.1. The molecule has 0 aromatic carbocycles. The summed E-state index contributed by atoms with van der Waals surface area (Å²) in [5, 5.41) is 10.1. The fourth-order valence-electron chi connectivity index (χ4n) is 1.87. The second kappa shape index (κ2) is 13.0. The molecule has 0 aliphatic heterocycles. The van der Waals surface area contributed by atoms with E-state index < -0.39 is 0 Å². The monoisotopic (exact) mass is 297 g/mol. The Labute approximate surface area is 126 Å². The van der Waals surface area contributed by atoms with Gasteiger partial charge in [-0.3, -0.25) is 4.79 Å². The van der Waals surface area contributed by atoms with Gasteiger partial charge in [0.25, 0.3) is 0 Å². The molecule has 1 rings (SSSR count). The molecule has 0 bridgehead atoms. The molecular weight excluding hydrogens is 270 g/mol. The third-order valence-electron chi connectivity index (χ3n) is 2.93. The average Bonchev–Trinajstić information content (AvgIpc) is 2.92. The van der Waals surface area contributed by atoms with Gasteiger partial charge in [0.2, 0.25) is 0 Å². The molecule has 0 aliphatic rings. The Balaban J connectivity index is 0.00000172. The standard InChI is InChI=1S/C15H23NOS.CH4O/c1-3-4-5-6-7-8-9-14-12-18-15(16-14)10-13(2)11-17;1-2/h11-12H,2-10H2,1H3;2H,1H3. The van der Waals surface area contributed by atoms with Crippen LogP contribution in [-0.4, -0.2) is 23.5 Å². The Morgan fingerprint density at radius 1 is 1.30 bits per heavy atom. The van der Waals surface area contributed by atoms with Crippen molar-refractivity contribution in [1.82, 2.24) is 4.98 Å². The average molecular weight is 297 g/mol. The number of rotatable bonds is 10. The van der Waals surface area contributed by atoms with Gasteiger partial charge in [0.15, 0.2) is 0 Å². The number of aliphatic hydroxyl groups excluding tert-OH is 1. The molecule has 0 amide bonds. The predicted octanol–water partition coefficient (Wildman–Crippen LogP) is 3.95. The van der Waals surface area contributed by atoms with E-state index in [9.17, 15) is 4.79 Å². The number of aliphatic hydroxyl groups is 1. The zero-order valence-corrected chi connectivity index (χ0v) is 13.5. The van der Waals surface area contributed by atoms with Crippen molar-refractivity contribution in [3.63, 3.8) is 0 Å². The van der Waals surface area contributed by atoms with Crippen LogP contribution in [0.25, 0.3) is 0 Å². The van der Waals surface area contributed by atoms with Gasteiger partial charge in [0, 0.05) is 18.9 Å². The quantitative estimate of drug-likeness (QED) is 0.404. The summed E-state index contributed by atoms with van der Waals surface area (Å²) in [6.07, 6.45) is 10.4. The van der Waals surface area contributed by atoms with Crippen LogP contribution in [0.3, 0.4) is 0 Å². The zero-order chi connectivity index (χ0) is 15.2. The molecule has 0 fully saturated rings. The lowest BCUT2D eigenvalue weighted by Crippen LogP contribution is -1.91. The first kappa shape index (κ1) is 19.0. The molecule has 0 saturated carbocycles. The van der Waals surface area contributed by atoms with Crippen LogP contribution in [0.4, 0.5) is 0 Å². The van der Waals surface area contributed by atoms with E-state index in [1.807, 2.05) is 0 Å². The van der Waals surface area contributed by atoms with Crippen LogP contribution < -0.4 is 0 Å². The number of carbonyl (C=O) groups excluding carboxylic acids is 1. The molecule has 0 spiro atoms. The summed E-state index contributed by atoms with van der Waals surface area (Å²) in [6.45, 7) is 5.92. The van der Waals surface area contributed by atoms with Crippen LogP contribution in [-0.2, 0) is 17.6 Å². The van der Waals surface area contributed by atoms with E-state index in [-0.39, 0.29) is 0 Å². The van der Waals surface area contributed by atoms with Gasteiger partial charge >= 0.3 is 0 Å². The van der Waals surface area contributed by atoms with Gasteiger partial charge in [-0.2, -0.15) is 0 Å². The Bertz CT molecular complexity index is 374. The number of carbonyl (C=O) groups is 1. The number of aryl methyl sites for hydroxylation is 1. The smallest absolute Gasteiger partial charge is 0.145 e. The molecule has 4 heteroatoms. The van der Waals surface area contributed by atoms with Crippen LogP contribution in [0.2, 0.25) is 0 Å². The van der Waals surface area contributed by atoms with E-state index >= 15 is 0 Å². The van der Waals surface area contributed by atoms with Crippen molar-refractivity contribution in [3.05, 3.63) is 28.2 Å². The number of allylic oxidation sites excluding steroid dienone is 1. The van der Waals surface area contributed by atoms with Gasteiger partial charge < -0.3 is 5.11 Å². The predicted molar refractivity (Wildman–Crippen MR) is 86.2 cm³/mol. The minimum absolute atomic E-state index is 0.602. The highest BCUT2D eigenvalue weighted by Crippen LogP contribution is 2.15. The molecule has 0 unspecified atom stereocenters. The van der Waals surface area contributed by atoms with Gasteiger partial charge in [0.05, 0.1) is 10.7 Å². The summed E-state index contributed by atoms with van der Waals surface area (Å²) in [5.41, 5.74) is 1.78. The molecule has 114 valence electrons. The molecular formula is C16H27NO2S. The molecule has 1 aromatic heterocycles. The second-order valence-corrected chi connectivity index (χ2v) is 5.65. The molecule has 0 saturated heterocycles. The fourth-order valence-corrected chi connectivity index (χ4v) is 2.75. The number of hydrogen-bond acceptors (Lipinski definition) is 4. The number of thiazole rings is 1. The second-order valence-electron chi connectivity index (χ2n) is 4.70. The maximum Gasteiger partial charge on any atom is 0.145 e. The van der Waals surface area contributed by atoms with Gasteiger partial charge in [0.1, 0.15) is 6.29 Å². The molecule has 1 aromatic rings. The Kier molecular flexibility index (Phi) is 12.4. The maximum absolute atomic E-state index is 10.5. The lowest BCUT2D eigenvalue weighted by Gasteiger charge is -1.99. The Hall–Kier alpha value is -1.00. The van der Waals surface area contributed by atoms with E-state index in [0.717, 1.165) is 24.8 Å². The molecule has 3 nitrogen and oxygen atoms in total. The minimum Gasteiger partial charge on any atom is -0.400 e. The minimum atomic E-state index is 0.602. The summed E-state index contributed by atoms with van der Waals surface area (Å²) in [5.74, 6) is 0. The van der Waals surface area contributed by atoms with E-state index in [1.54, 1.807) is 11.3 Å². The summed E-state index contributed by atoms with van der Waals surface area (Å²) < 4.78 is 0. The molecule has 0 aliphatic carbocycles. The number of unbranched alkanes of at least 4 members (excludes halogenated alkanes) is 5. The summed E-state index contributed by atoms with van der Waals surface area (Å²) in [4.78, 5) is 15.0. The largest absolute Gasteiger partial charge is 0.400 e. The number of aldehydes is 1. The van der Waals surface area contributed by atoms with Crippen LogP contribution in [0.15, 0.2) is 17.5 Å². The fraction of sp³-hybridized carbons (Fsp3) is 0.625. The van der Waals surface area contributed by atoms with Crippen LogP contribution in [0.5, 0.6) is 0 Å². The zero-order valence-electron chi connectivity index (χ0n) is 12.7. The van der Waals surface area contributed by atoms with Gasteiger partial charge in [-0.25, -0.2) is 4.98 Å². The lowest BCUT2D eigenvalue weighted by molar-refractivity contribution is -0.104. The molecule has 1 heterocycles. The van der Waals surface area contributed by atoms with Gasteiger partial charge in [-0.1, -0.05) is 45.6 Å². The maximum atomic E-state index is 10.5. The molecule has 0 radical (unpaired) electrons. The van der Waals surface area contributed by atoms with Crippen molar-refractivity contribution in [1.29, 1.82) is 0 Å². The highest BCUT2D eigenvalue weighted by Gasteiger charge is 2.03. The van der Waals surface area contributed by atoms with Crippen molar-refractivity contribution in [3.8, 4) is 0 Å². The normalized spacial score (nSPS) is 9.75. The first-order chi connectivity index (χ1) is 9.76. The first-order valence-corrected chi connectivity index (χ1v) is 8.15. The summed E-state index contributed by atoms with van der Waals surface area (Å²) >= 11 is 1.63. The third-order valence-corrected chi connectivity index (χ3v) is 3.83. The third kappa shape index (κ3) is 8.99. The van der Waals surface area contributed by atoms with Crippen LogP contribution in [0, 0.1) is 0 Å². The van der Waals surface area contributed by atoms with E-state index in [2.05, 4.69) is 23.9 Å². The Morgan fingerprint density at radius 2 is 1.95 bits per heavy atom.